The SMILES string of the molecule is COc1ccc(NC(C)=O)cc1N(CCC#N)CCC#N. The zero-order valence-corrected chi connectivity index (χ0v) is 12.2. The summed E-state index contributed by atoms with van der Waals surface area (Å²) in [7, 11) is 1.56. The monoisotopic (exact) mass is 286 g/mol. The van der Waals surface area contributed by atoms with Gasteiger partial charge in [-0.2, -0.15) is 10.5 Å². The number of nitrogens with zero attached hydrogens (tertiary/aromatic N) is 3. The van der Waals surface area contributed by atoms with E-state index in [0.717, 1.165) is 5.69 Å². The van der Waals surface area contributed by atoms with Gasteiger partial charge in [0.1, 0.15) is 5.75 Å². The van der Waals surface area contributed by atoms with Crippen molar-refractivity contribution in [1.82, 2.24) is 0 Å². The Labute approximate surface area is 124 Å². The number of carbonyl (C=O) groups excluding carboxylic acids is 1. The molecule has 0 saturated carbocycles. The Morgan fingerprint density at radius 2 is 1.90 bits per heavy atom. The molecular weight excluding hydrogens is 268 g/mol. The highest BCUT2D eigenvalue weighted by Gasteiger charge is 2.13. The van der Waals surface area contributed by atoms with Crippen molar-refractivity contribution in [2.24, 2.45) is 0 Å². The first-order chi connectivity index (χ1) is 10.1. The highest BCUT2D eigenvalue weighted by atomic mass is 16.5. The minimum atomic E-state index is -0.160. The molecule has 110 valence electrons. The molecule has 0 aromatic heterocycles. The summed E-state index contributed by atoms with van der Waals surface area (Å²) in [4.78, 5) is 13.1. The number of rotatable bonds is 7. The van der Waals surface area contributed by atoms with Crippen molar-refractivity contribution in [3.05, 3.63) is 18.2 Å². The summed E-state index contributed by atoms with van der Waals surface area (Å²) in [6, 6.07) is 9.48. The predicted molar refractivity (Wildman–Crippen MR) is 80.0 cm³/mol. The van der Waals surface area contributed by atoms with Crippen LogP contribution < -0.4 is 15.0 Å². The molecule has 6 heteroatoms. The van der Waals surface area contributed by atoms with Crippen LogP contribution in [0.15, 0.2) is 18.2 Å². The van der Waals surface area contributed by atoms with Crippen LogP contribution in [-0.4, -0.2) is 26.1 Å². The normalized spacial score (nSPS) is 9.33. The quantitative estimate of drug-likeness (QED) is 0.830. The maximum atomic E-state index is 11.2. The number of methoxy groups -OCH3 is 1. The van der Waals surface area contributed by atoms with Crippen LogP contribution in [0, 0.1) is 22.7 Å². The fourth-order valence-corrected chi connectivity index (χ4v) is 1.94. The van der Waals surface area contributed by atoms with Gasteiger partial charge in [-0.25, -0.2) is 0 Å². The smallest absolute Gasteiger partial charge is 0.221 e. The van der Waals surface area contributed by atoms with Gasteiger partial charge >= 0.3 is 0 Å². The molecular formula is C15H18N4O2. The summed E-state index contributed by atoms with van der Waals surface area (Å²) in [5, 5.41) is 20.2. The molecule has 0 spiro atoms. The summed E-state index contributed by atoms with van der Waals surface area (Å²) < 4.78 is 5.33. The fraction of sp³-hybridized carbons (Fsp3) is 0.400. The van der Waals surface area contributed by atoms with Crippen LogP contribution in [-0.2, 0) is 4.79 Å². The third kappa shape index (κ3) is 5.04. The average molecular weight is 286 g/mol. The Balaban J connectivity index is 3.09. The predicted octanol–water partition coefficient (Wildman–Crippen LogP) is 2.29. The Hall–Kier alpha value is -2.73. The first-order valence-corrected chi connectivity index (χ1v) is 6.56. The largest absolute Gasteiger partial charge is 0.495 e. The molecule has 1 rings (SSSR count). The fourth-order valence-electron chi connectivity index (χ4n) is 1.94. The lowest BCUT2D eigenvalue weighted by atomic mass is 10.2. The Morgan fingerprint density at radius 3 is 2.38 bits per heavy atom. The van der Waals surface area contributed by atoms with E-state index in [1.807, 2.05) is 4.90 Å². The van der Waals surface area contributed by atoms with Crippen LogP contribution in [0.25, 0.3) is 0 Å². The van der Waals surface area contributed by atoms with Crippen molar-refractivity contribution in [2.75, 3.05) is 30.4 Å². The lowest BCUT2D eigenvalue weighted by Gasteiger charge is -2.25. The molecule has 0 saturated heterocycles. The van der Waals surface area contributed by atoms with Crippen LogP contribution >= 0.6 is 0 Å². The van der Waals surface area contributed by atoms with E-state index < -0.39 is 0 Å². The van der Waals surface area contributed by atoms with Crippen molar-refractivity contribution in [3.63, 3.8) is 0 Å². The number of hydrogen-bond donors (Lipinski definition) is 1. The molecule has 21 heavy (non-hydrogen) atoms. The van der Waals surface area contributed by atoms with Crippen LogP contribution in [0.3, 0.4) is 0 Å². The van der Waals surface area contributed by atoms with Crippen LogP contribution in [0.1, 0.15) is 19.8 Å². The minimum Gasteiger partial charge on any atom is -0.495 e. The molecule has 6 nitrogen and oxygen atoms in total. The lowest BCUT2D eigenvalue weighted by Crippen LogP contribution is -2.26. The first-order valence-electron chi connectivity index (χ1n) is 6.56. The van der Waals surface area contributed by atoms with Gasteiger partial charge in [0.25, 0.3) is 0 Å². The number of anilines is 2. The molecule has 1 amide bonds. The lowest BCUT2D eigenvalue weighted by molar-refractivity contribution is -0.114. The van der Waals surface area contributed by atoms with Gasteiger partial charge in [-0.15, -0.1) is 0 Å². The summed E-state index contributed by atoms with van der Waals surface area (Å²) in [6.07, 6.45) is 0.692. The first kappa shape index (κ1) is 16.3. The Morgan fingerprint density at radius 1 is 1.29 bits per heavy atom. The van der Waals surface area contributed by atoms with Crippen molar-refractivity contribution in [1.29, 1.82) is 10.5 Å². The van der Waals surface area contributed by atoms with E-state index in [4.69, 9.17) is 15.3 Å². The summed E-state index contributed by atoms with van der Waals surface area (Å²) in [5.74, 6) is 0.478. The number of nitriles is 2. The zero-order chi connectivity index (χ0) is 15.7. The summed E-state index contributed by atoms with van der Waals surface area (Å²) >= 11 is 0. The van der Waals surface area contributed by atoms with Crippen molar-refractivity contribution >= 4 is 17.3 Å². The second-order valence-corrected chi connectivity index (χ2v) is 4.37. The van der Waals surface area contributed by atoms with E-state index >= 15 is 0 Å². The van der Waals surface area contributed by atoms with Gasteiger partial charge < -0.3 is 15.0 Å². The number of hydrogen-bond acceptors (Lipinski definition) is 5. The number of nitrogens with one attached hydrogen (secondary N) is 1. The highest BCUT2D eigenvalue weighted by Crippen LogP contribution is 2.31. The maximum Gasteiger partial charge on any atom is 0.221 e. The highest BCUT2D eigenvalue weighted by molar-refractivity contribution is 5.89. The number of benzene rings is 1. The topological polar surface area (TPSA) is 89.2 Å². The average Bonchev–Trinajstić information content (AvgIpc) is 2.47. The van der Waals surface area contributed by atoms with Crippen molar-refractivity contribution in [2.45, 2.75) is 19.8 Å². The third-order valence-electron chi connectivity index (χ3n) is 2.83. The standard InChI is InChI=1S/C15H18N4O2/c1-12(20)18-13-5-6-15(21-2)14(11-13)19(9-3-7-16)10-4-8-17/h5-6,11H,3-4,9-10H2,1-2H3,(H,18,20). The van der Waals surface area contributed by atoms with Gasteiger partial charge in [-0.1, -0.05) is 0 Å². The van der Waals surface area contributed by atoms with Gasteiger partial charge in [-0.05, 0) is 18.2 Å². The summed E-state index contributed by atoms with van der Waals surface area (Å²) in [5.41, 5.74) is 1.41. The molecule has 1 aromatic carbocycles. The molecule has 0 radical (unpaired) electrons. The number of amides is 1. The number of ether oxygens (including phenoxy) is 1. The van der Waals surface area contributed by atoms with E-state index in [1.54, 1.807) is 25.3 Å². The minimum absolute atomic E-state index is 0.160. The second kappa shape index (κ2) is 8.44. The Bertz CT molecular complexity index is 554. The molecule has 0 aliphatic rings. The Kier molecular flexibility index (Phi) is 6.56. The summed E-state index contributed by atoms with van der Waals surface area (Å²) in [6.45, 7) is 2.43. The van der Waals surface area contributed by atoms with E-state index in [-0.39, 0.29) is 5.91 Å². The van der Waals surface area contributed by atoms with E-state index in [1.165, 1.54) is 6.92 Å². The van der Waals surface area contributed by atoms with Gasteiger partial charge in [-0.3, -0.25) is 4.79 Å². The van der Waals surface area contributed by atoms with Crippen molar-refractivity contribution in [3.8, 4) is 17.9 Å². The maximum absolute atomic E-state index is 11.2. The van der Waals surface area contributed by atoms with Gasteiger partial charge in [0, 0.05) is 25.7 Å². The van der Waals surface area contributed by atoms with Gasteiger partial charge in [0.15, 0.2) is 0 Å². The molecule has 0 atom stereocenters. The van der Waals surface area contributed by atoms with Crippen molar-refractivity contribution < 1.29 is 9.53 Å². The van der Waals surface area contributed by atoms with Crippen LogP contribution in [0.4, 0.5) is 11.4 Å². The molecule has 0 heterocycles. The molecule has 0 aliphatic heterocycles. The molecule has 1 N–H and O–H groups in total. The van der Waals surface area contributed by atoms with E-state index in [9.17, 15) is 4.79 Å². The second-order valence-electron chi connectivity index (χ2n) is 4.37. The molecule has 0 aliphatic carbocycles. The zero-order valence-electron chi connectivity index (χ0n) is 12.2. The molecule has 0 unspecified atom stereocenters. The van der Waals surface area contributed by atoms with Crippen LogP contribution in [0.5, 0.6) is 5.75 Å². The molecule has 0 bridgehead atoms. The van der Waals surface area contributed by atoms with Gasteiger partial charge in [0.2, 0.25) is 5.91 Å². The van der Waals surface area contributed by atoms with E-state index in [0.29, 0.717) is 37.4 Å². The van der Waals surface area contributed by atoms with E-state index in [2.05, 4.69) is 17.5 Å². The van der Waals surface area contributed by atoms with Crippen LogP contribution in [0.2, 0.25) is 0 Å². The van der Waals surface area contributed by atoms with Gasteiger partial charge in [0.05, 0.1) is 37.8 Å². The number of carbonyl (C=O) groups is 1. The molecule has 1 aromatic rings. The molecule has 0 fully saturated rings. The third-order valence-corrected chi connectivity index (χ3v) is 2.83.